The maximum absolute atomic E-state index is 16.3. The number of rotatable bonds is 3. The molecule has 0 N–H and O–H groups in total. The Kier molecular flexibility index (Phi) is 7.72. The van der Waals surface area contributed by atoms with Gasteiger partial charge in [0.05, 0.1) is 0 Å². The minimum Gasteiger partial charge on any atom is -0.372 e. The van der Waals surface area contributed by atoms with E-state index in [0.717, 1.165) is 72.6 Å². The molecular weight excluding hydrogens is 735 g/mol. The quantitative estimate of drug-likeness (QED) is 0.177. The third kappa shape index (κ3) is 4.76. The first-order valence-electron chi connectivity index (χ1n) is 16.8. The highest BCUT2D eigenvalue weighted by Gasteiger charge is 2.45. The van der Waals surface area contributed by atoms with Crippen molar-refractivity contribution in [2.75, 3.05) is 18.0 Å². The van der Waals surface area contributed by atoms with Crippen LogP contribution in [-0.2, 0) is 17.3 Å². The molecule has 244 valence electrons. The van der Waals surface area contributed by atoms with Gasteiger partial charge in [-0.05, 0) is 124 Å². The summed E-state index contributed by atoms with van der Waals surface area (Å²) >= 11 is 7.51. The molecule has 48 heavy (non-hydrogen) atoms. The fourth-order valence-corrected chi connectivity index (χ4v) is 10.8. The van der Waals surface area contributed by atoms with Crippen molar-refractivity contribution in [2.24, 2.45) is 5.92 Å². The first kappa shape index (κ1) is 31.9. The van der Waals surface area contributed by atoms with Gasteiger partial charge < -0.3 is 4.90 Å². The van der Waals surface area contributed by atoms with Gasteiger partial charge in [-0.2, -0.15) is 0 Å². The third-order valence-electron chi connectivity index (χ3n) is 11.2. The molecule has 0 saturated carbocycles. The van der Waals surface area contributed by atoms with Crippen molar-refractivity contribution in [3.8, 4) is 11.1 Å². The lowest BCUT2D eigenvalue weighted by molar-refractivity contribution is 0.417. The molecular formula is C42H36Br2F3N. The van der Waals surface area contributed by atoms with Gasteiger partial charge in [0, 0.05) is 50.0 Å². The van der Waals surface area contributed by atoms with Crippen LogP contribution in [0, 0.1) is 23.4 Å². The fraction of sp³-hybridized carbons (Fsp3) is 0.286. The van der Waals surface area contributed by atoms with Crippen LogP contribution in [0.3, 0.4) is 0 Å². The second-order valence-electron chi connectivity index (χ2n) is 14.3. The first-order chi connectivity index (χ1) is 23.0. The molecule has 6 heteroatoms. The number of hydrogen-bond acceptors (Lipinski definition) is 1. The Morgan fingerprint density at radius 1 is 0.771 bits per heavy atom. The van der Waals surface area contributed by atoms with Crippen LogP contribution in [0.4, 0.5) is 18.9 Å². The lowest BCUT2D eigenvalue weighted by Gasteiger charge is -2.38. The number of fused-ring (bicyclic) bond motifs is 8. The Morgan fingerprint density at radius 3 is 2.12 bits per heavy atom. The predicted molar refractivity (Wildman–Crippen MR) is 198 cm³/mol. The van der Waals surface area contributed by atoms with Crippen molar-refractivity contribution in [3.63, 3.8) is 0 Å². The largest absolute Gasteiger partial charge is 0.372 e. The molecule has 1 aliphatic heterocycles. The molecule has 0 aromatic heterocycles. The molecule has 5 aromatic rings. The Labute approximate surface area is 297 Å². The number of halogens is 5. The van der Waals surface area contributed by atoms with Gasteiger partial charge in [0.15, 0.2) is 0 Å². The van der Waals surface area contributed by atoms with Gasteiger partial charge in [0.25, 0.3) is 0 Å². The summed E-state index contributed by atoms with van der Waals surface area (Å²) in [5.41, 5.74) is 8.08. The fourth-order valence-electron chi connectivity index (χ4n) is 9.09. The molecule has 3 aliphatic rings. The van der Waals surface area contributed by atoms with Crippen LogP contribution in [0.1, 0.15) is 73.4 Å². The van der Waals surface area contributed by atoms with E-state index in [2.05, 4.69) is 100 Å². The van der Waals surface area contributed by atoms with E-state index in [4.69, 9.17) is 0 Å². The lowest BCUT2D eigenvalue weighted by atomic mass is 9.65. The predicted octanol–water partition coefficient (Wildman–Crippen LogP) is 12.3. The summed E-state index contributed by atoms with van der Waals surface area (Å²) in [6, 6.07) is 22.3. The monoisotopic (exact) mass is 769 g/mol. The second-order valence-corrected chi connectivity index (χ2v) is 16.1. The summed E-state index contributed by atoms with van der Waals surface area (Å²) in [4.78, 5) is 2.45. The normalized spacial score (nSPS) is 21.2. The zero-order valence-corrected chi connectivity index (χ0v) is 30.4. The number of allylic oxidation sites excluding steroid dienone is 1. The van der Waals surface area contributed by atoms with E-state index in [1.807, 2.05) is 18.2 Å². The maximum Gasteiger partial charge on any atom is 0.134 e. The summed E-state index contributed by atoms with van der Waals surface area (Å²) in [6.07, 6.45) is 8.66. The van der Waals surface area contributed by atoms with Gasteiger partial charge in [-0.25, -0.2) is 13.2 Å². The summed E-state index contributed by atoms with van der Waals surface area (Å²) < 4.78 is 47.7. The number of hydrogen-bond donors (Lipinski definition) is 0. The Balaban J connectivity index is 1.40. The van der Waals surface area contributed by atoms with Gasteiger partial charge in [0.1, 0.15) is 17.5 Å². The van der Waals surface area contributed by atoms with Crippen molar-refractivity contribution < 1.29 is 13.2 Å². The molecule has 2 atom stereocenters. The average Bonchev–Trinajstić information content (AvgIpc) is 3.19. The zero-order valence-electron chi connectivity index (χ0n) is 27.2. The van der Waals surface area contributed by atoms with Crippen LogP contribution >= 0.6 is 31.9 Å². The van der Waals surface area contributed by atoms with Gasteiger partial charge in [-0.15, -0.1) is 0 Å². The highest BCUT2D eigenvalue weighted by Crippen LogP contribution is 2.58. The minimum atomic E-state index is -0.637. The van der Waals surface area contributed by atoms with E-state index in [0.29, 0.717) is 17.2 Å². The zero-order chi connectivity index (χ0) is 33.5. The minimum absolute atomic E-state index is 0.0558. The lowest BCUT2D eigenvalue weighted by Crippen LogP contribution is -2.34. The Morgan fingerprint density at radius 2 is 1.44 bits per heavy atom. The van der Waals surface area contributed by atoms with Crippen molar-refractivity contribution >= 4 is 54.4 Å². The molecule has 1 fully saturated rings. The highest BCUT2D eigenvalue weighted by atomic mass is 79.9. The summed E-state index contributed by atoms with van der Waals surface area (Å²) in [5, 5.41) is 1.07. The molecule has 1 nitrogen and oxygen atoms in total. The topological polar surface area (TPSA) is 3.24 Å². The molecule has 1 saturated heterocycles. The number of anilines is 1. The molecule has 0 bridgehead atoms. The molecule has 2 aliphatic carbocycles. The van der Waals surface area contributed by atoms with Gasteiger partial charge in [0.2, 0.25) is 0 Å². The third-order valence-corrected chi connectivity index (χ3v) is 12.3. The van der Waals surface area contributed by atoms with Crippen LogP contribution in [-0.4, -0.2) is 13.1 Å². The number of piperidine rings is 1. The smallest absolute Gasteiger partial charge is 0.134 e. The molecule has 0 radical (unpaired) electrons. The van der Waals surface area contributed by atoms with Crippen LogP contribution in [0.5, 0.6) is 0 Å². The van der Waals surface area contributed by atoms with Gasteiger partial charge >= 0.3 is 0 Å². The maximum atomic E-state index is 16.3. The standard InChI is InChI=1S/C42H36Br2F3N/c1-24-19-32-31(40-38(33-22-29(46)23-36(47)37(32)33)34-20-27(43)21-35(44)39(34)41(40,2)3)15-16-42(24,25-7-11-28(45)12-8-25)26-9-13-30(14-10-26)48-17-5-4-6-18-48/h7-16,20-24H,4-6,17-19H2,1-3H3/t24-,42?/m0/s1. The first-order valence-corrected chi connectivity index (χ1v) is 18.4. The average molecular weight is 772 g/mol. The van der Waals surface area contributed by atoms with Gasteiger partial charge in [-0.3, -0.25) is 0 Å². The summed E-state index contributed by atoms with van der Waals surface area (Å²) in [7, 11) is 0. The van der Waals surface area contributed by atoms with Crippen LogP contribution in [0.25, 0.3) is 28.0 Å². The highest BCUT2D eigenvalue weighted by molar-refractivity contribution is 9.11. The molecule has 8 rings (SSSR count). The van der Waals surface area contributed by atoms with Crippen LogP contribution < -0.4 is 4.90 Å². The second kappa shape index (κ2) is 11.6. The van der Waals surface area contributed by atoms with E-state index in [1.165, 1.54) is 43.1 Å². The SMILES string of the molecule is C[C@H]1Cc2c(c3c(c4cc(F)cc(F)c24)-c2cc(Br)cc(Br)c2C3(C)C)C=CC1(c1ccc(F)cc1)c1ccc(N2CCCCC2)cc1. The number of nitrogens with zero attached hydrogens (tertiary/aromatic N) is 1. The van der Waals surface area contributed by atoms with E-state index in [9.17, 15) is 4.39 Å². The molecule has 1 unspecified atom stereocenters. The van der Waals surface area contributed by atoms with Crippen molar-refractivity contribution in [3.05, 3.63) is 139 Å². The summed E-state index contributed by atoms with van der Waals surface area (Å²) in [5.74, 6) is -1.48. The van der Waals surface area contributed by atoms with Gasteiger partial charge in [-0.1, -0.05) is 89.0 Å². The van der Waals surface area contributed by atoms with Crippen molar-refractivity contribution in [1.82, 2.24) is 0 Å². The molecule has 5 aromatic carbocycles. The molecule has 0 spiro atoms. The Bertz CT molecular complexity index is 2130. The number of benzene rings is 5. The van der Waals surface area contributed by atoms with Crippen molar-refractivity contribution in [2.45, 2.75) is 57.3 Å². The van der Waals surface area contributed by atoms with E-state index >= 15 is 8.78 Å². The molecule has 0 amide bonds. The van der Waals surface area contributed by atoms with Crippen LogP contribution in [0.2, 0.25) is 0 Å². The van der Waals surface area contributed by atoms with E-state index < -0.39 is 22.5 Å². The molecule has 1 heterocycles. The summed E-state index contributed by atoms with van der Waals surface area (Å²) in [6.45, 7) is 8.72. The Hall–Kier alpha value is -3.35. The van der Waals surface area contributed by atoms with E-state index in [-0.39, 0.29) is 11.7 Å². The van der Waals surface area contributed by atoms with Crippen molar-refractivity contribution in [1.29, 1.82) is 0 Å². The van der Waals surface area contributed by atoms with E-state index in [1.54, 1.807) is 0 Å². The van der Waals surface area contributed by atoms with Crippen LogP contribution in [0.15, 0.2) is 87.8 Å².